The number of hydrogen-bond donors (Lipinski definition) is 0. The van der Waals surface area contributed by atoms with Crippen molar-refractivity contribution in [1.82, 2.24) is 0 Å². The second kappa shape index (κ2) is 17.8. The maximum Gasteiger partial charge on any atom is 0.0640 e. The summed E-state index contributed by atoms with van der Waals surface area (Å²) in [7, 11) is 0. The van der Waals surface area contributed by atoms with Gasteiger partial charge in [-0.15, -0.1) is 22.7 Å². The molecule has 4 heteroatoms. The van der Waals surface area contributed by atoms with Crippen LogP contribution < -0.4 is 9.80 Å². The van der Waals surface area contributed by atoms with Gasteiger partial charge in [-0.3, -0.25) is 0 Å². The smallest absolute Gasteiger partial charge is 0.0640 e. The van der Waals surface area contributed by atoms with Crippen LogP contribution in [-0.4, -0.2) is 0 Å². The molecule has 0 saturated carbocycles. The van der Waals surface area contributed by atoms with Crippen molar-refractivity contribution in [3.8, 4) is 44.5 Å². The van der Waals surface area contributed by atoms with Gasteiger partial charge in [-0.05, 0) is 117 Å². The second-order valence-electron chi connectivity index (χ2n) is 17.7. The molecule has 13 rings (SSSR count). The van der Waals surface area contributed by atoms with Crippen molar-refractivity contribution < 1.29 is 0 Å². The molecule has 0 saturated heterocycles. The molecule has 2 heterocycles. The van der Waals surface area contributed by atoms with Crippen molar-refractivity contribution in [2.45, 2.75) is 0 Å². The van der Waals surface area contributed by atoms with Crippen LogP contribution in [0.4, 0.5) is 34.1 Å². The minimum Gasteiger partial charge on any atom is -0.309 e. The van der Waals surface area contributed by atoms with E-state index in [-0.39, 0.29) is 0 Å². The Morgan fingerprint density at radius 2 is 0.529 bits per heavy atom. The number of rotatable bonds is 10. The van der Waals surface area contributed by atoms with Crippen LogP contribution in [-0.2, 0) is 0 Å². The highest BCUT2D eigenvalue weighted by molar-refractivity contribution is 7.26. The lowest BCUT2D eigenvalue weighted by Crippen LogP contribution is -2.10. The van der Waals surface area contributed by atoms with E-state index in [1.54, 1.807) is 0 Å². The Hall–Kier alpha value is -8.54. The van der Waals surface area contributed by atoms with Gasteiger partial charge in [0.25, 0.3) is 0 Å². The normalized spacial score (nSPS) is 11.4. The lowest BCUT2D eigenvalue weighted by atomic mass is 10.00. The first kappa shape index (κ1) is 41.6. The summed E-state index contributed by atoms with van der Waals surface area (Å²) < 4.78 is 5.11. The zero-order chi connectivity index (χ0) is 46.4. The van der Waals surface area contributed by atoms with Crippen molar-refractivity contribution in [3.63, 3.8) is 0 Å². The van der Waals surface area contributed by atoms with Gasteiger partial charge in [0, 0.05) is 53.7 Å². The van der Waals surface area contributed by atoms with E-state index in [0.29, 0.717) is 0 Å². The fourth-order valence-corrected chi connectivity index (χ4v) is 12.5. The van der Waals surface area contributed by atoms with Crippen LogP contribution in [0.3, 0.4) is 0 Å². The Bertz CT molecular complexity index is 3990. The van der Waals surface area contributed by atoms with Gasteiger partial charge in [0.05, 0.1) is 20.8 Å². The average Bonchev–Trinajstić information content (AvgIpc) is 4.02. The average molecular weight is 929 g/mol. The van der Waals surface area contributed by atoms with Gasteiger partial charge in [-0.2, -0.15) is 0 Å². The van der Waals surface area contributed by atoms with Crippen molar-refractivity contribution in [3.05, 3.63) is 267 Å². The largest absolute Gasteiger partial charge is 0.309 e. The fourth-order valence-electron chi connectivity index (χ4n) is 10.0. The summed E-state index contributed by atoms with van der Waals surface area (Å²) in [6, 6.07) is 97.3. The van der Waals surface area contributed by atoms with E-state index in [2.05, 4.69) is 277 Å². The van der Waals surface area contributed by atoms with Crippen molar-refractivity contribution >= 4 is 97.1 Å². The quantitative estimate of drug-likeness (QED) is 0.135. The van der Waals surface area contributed by atoms with E-state index in [1.807, 2.05) is 22.7 Å². The van der Waals surface area contributed by atoms with E-state index in [4.69, 9.17) is 0 Å². The Balaban J connectivity index is 0.921. The number of nitrogens with zero attached hydrogens (tertiary/aromatic N) is 2. The topological polar surface area (TPSA) is 6.48 Å². The van der Waals surface area contributed by atoms with Crippen LogP contribution in [0, 0.1) is 0 Å². The van der Waals surface area contributed by atoms with Gasteiger partial charge in [0.1, 0.15) is 0 Å². The Morgan fingerprint density at radius 1 is 0.214 bits per heavy atom. The molecule has 0 bridgehead atoms. The first-order valence-electron chi connectivity index (χ1n) is 23.7. The van der Waals surface area contributed by atoms with Crippen molar-refractivity contribution in [2.24, 2.45) is 0 Å². The minimum atomic E-state index is 1.09. The van der Waals surface area contributed by atoms with Gasteiger partial charge >= 0.3 is 0 Å². The summed E-state index contributed by atoms with van der Waals surface area (Å²) in [6.45, 7) is 0. The van der Waals surface area contributed by atoms with Gasteiger partial charge in [-0.25, -0.2) is 0 Å². The fraction of sp³-hybridized carbons (Fsp3) is 0. The van der Waals surface area contributed by atoms with Crippen LogP contribution in [0.1, 0.15) is 0 Å². The minimum absolute atomic E-state index is 1.09. The number of fused-ring (bicyclic) bond motifs is 6. The molecule has 0 aliphatic heterocycles. The summed E-state index contributed by atoms with van der Waals surface area (Å²) in [6.07, 6.45) is 0. The Kier molecular flexibility index (Phi) is 10.6. The molecule has 0 fully saturated rings. The summed E-state index contributed by atoms with van der Waals surface area (Å²) in [5.74, 6) is 0. The summed E-state index contributed by atoms with van der Waals surface area (Å²) in [5, 5.41) is 5.12. The Labute approximate surface area is 415 Å². The molecule has 0 amide bonds. The first-order chi connectivity index (χ1) is 34.7. The Morgan fingerprint density at radius 3 is 0.943 bits per heavy atom. The number of hydrogen-bond acceptors (Lipinski definition) is 4. The van der Waals surface area contributed by atoms with E-state index >= 15 is 0 Å². The molecule has 0 aliphatic rings. The molecule has 11 aromatic carbocycles. The zero-order valence-electron chi connectivity index (χ0n) is 38.1. The van der Waals surface area contributed by atoms with E-state index in [0.717, 1.165) is 45.3 Å². The molecule has 2 aromatic heterocycles. The lowest BCUT2D eigenvalue weighted by Gasteiger charge is -2.28. The van der Waals surface area contributed by atoms with Gasteiger partial charge in [-0.1, -0.05) is 194 Å². The SMILES string of the molecule is c1ccc(-c2ccc(-c3ccc(N(c4cccc(-c5cccc(N(c6ccc(-c7ccccc7)cc6)c6cccc7c6sc6ccccc67)c5)c4)c4cccc5c4sc4ccccc45)cc3)cc2)cc1. The van der Waals surface area contributed by atoms with Gasteiger partial charge in [0.2, 0.25) is 0 Å². The molecule has 0 N–H and O–H groups in total. The van der Waals surface area contributed by atoms with Crippen LogP contribution >= 0.6 is 22.7 Å². The second-order valence-corrected chi connectivity index (χ2v) is 19.8. The molecule has 0 unspecified atom stereocenters. The van der Waals surface area contributed by atoms with E-state index in [9.17, 15) is 0 Å². The van der Waals surface area contributed by atoms with Crippen LogP contribution in [0.2, 0.25) is 0 Å². The van der Waals surface area contributed by atoms with Crippen molar-refractivity contribution in [2.75, 3.05) is 9.80 Å². The predicted octanol–water partition coefficient (Wildman–Crippen LogP) is 20.0. The lowest BCUT2D eigenvalue weighted by molar-refractivity contribution is 1.29. The summed E-state index contributed by atoms with van der Waals surface area (Å²) >= 11 is 3.72. The molecular weight excluding hydrogens is 885 g/mol. The van der Waals surface area contributed by atoms with Crippen molar-refractivity contribution in [1.29, 1.82) is 0 Å². The third-order valence-corrected chi connectivity index (χ3v) is 15.9. The molecule has 70 heavy (non-hydrogen) atoms. The third-order valence-electron chi connectivity index (χ3n) is 13.5. The zero-order valence-corrected chi connectivity index (χ0v) is 39.7. The molecule has 330 valence electrons. The maximum absolute atomic E-state index is 2.44. The highest BCUT2D eigenvalue weighted by Crippen LogP contribution is 2.48. The highest BCUT2D eigenvalue weighted by Gasteiger charge is 2.21. The van der Waals surface area contributed by atoms with Crippen LogP contribution in [0.25, 0.3) is 84.9 Å². The van der Waals surface area contributed by atoms with Gasteiger partial charge in [0.15, 0.2) is 0 Å². The monoisotopic (exact) mass is 928 g/mol. The molecule has 0 aliphatic carbocycles. The molecule has 0 radical (unpaired) electrons. The molecule has 0 spiro atoms. The predicted molar refractivity (Wildman–Crippen MR) is 303 cm³/mol. The standard InChI is InChI=1S/C66H44N2S2/c1-3-15-45(16-4-1)47-31-33-48(34-32-47)50-37-41-54(42-38-50)68(62-28-14-26-60-58-24-8-10-30-64(58)70-66(60)62)56-22-12-20-52(44-56)51-19-11-21-55(43-51)67(53-39-35-49(36-40-53)46-17-5-2-6-18-46)61-27-13-25-59-57-23-7-9-29-63(57)69-65(59)61/h1-44H. The van der Waals surface area contributed by atoms with Gasteiger partial charge < -0.3 is 9.80 Å². The molecule has 2 nitrogen and oxygen atoms in total. The summed E-state index contributed by atoms with van der Waals surface area (Å²) in [4.78, 5) is 4.88. The van der Waals surface area contributed by atoms with Crippen LogP contribution in [0.15, 0.2) is 267 Å². The summed E-state index contributed by atoms with van der Waals surface area (Å²) in [5.41, 5.74) is 16.2. The number of thiophene rings is 2. The molecule has 0 atom stereocenters. The molecular formula is C66H44N2S2. The van der Waals surface area contributed by atoms with Crippen LogP contribution in [0.5, 0.6) is 0 Å². The number of benzene rings is 11. The first-order valence-corrected chi connectivity index (χ1v) is 25.4. The highest BCUT2D eigenvalue weighted by atomic mass is 32.1. The number of anilines is 6. The third kappa shape index (κ3) is 7.61. The maximum atomic E-state index is 2.44. The van der Waals surface area contributed by atoms with E-state index < -0.39 is 0 Å². The molecule has 13 aromatic rings. The van der Waals surface area contributed by atoms with E-state index in [1.165, 1.54) is 73.7 Å².